The smallest absolute Gasteiger partial charge is 0.244 e. The van der Waals surface area contributed by atoms with Crippen molar-refractivity contribution in [2.24, 2.45) is 0 Å². The Hall–Kier alpha value is -1.30. The molecule has 0 aromatic heterocycles. The average molecular weight is 603 g/mol. The zero-order chi connectivity index (χ0) is 31.0. The summed E-state index contributed by atoms with van der Waals surface area (Å²) in [5.74, 6) is -0.643. The van der Waals surface area contributed by atoms with Gasteiger partial charge in [-0.25, -0.2) is 0 Å². The first-order valence-electron chi connectivity index (χ1n) is 16.8. The first-order chi connectivity index (χ1) is 20.3. The largest absolute Gasteiger partial charge is 0.394 e. The normalized spacial score (nSPS) is 23.0. The zero-order valence-electron chi connectivity index (χ0n) is 26.4. The Balaban J connectivity index is 2.47. The lowest BCUT2D eigenvalue weighted by atomic mass is 9.99. The quantitative estimate of drug-likeness (QED) is 0.0815. The summed E-state index contributed by atoms with van der Waals surface area (Å²) < 4.78 is 11.0. The molecule has 6 atom stereocenters. The maximum absolute atomic E-state index is 13.0. The van der Waals surface area contributed by atoms with Crippen LogP contribution in [0.1, 0.15) is 136 Å². The highest BCUT2D eigenvalue weighted by atomic mass is 16.7. The molecule has 1 aliphatic heterocycles. The molecule has 1 heterocycles. The highest BCUT2D eigenvalue weighted by Gasteiger charge is 2.44. The van der Waals surface area contributed by atoms with Gasteiger partial charge in [0.15, 0.2) is 6.29 Å². The van der Waals surface area contributed by atoms with Crippen LogP contribution in [0.5, 0.6) is 0 Å². The fraction of sp³-hybridized carbons (Fsp3) is 0.938. The van der Waals surface area contributed by atoms with Gasteiger partial charge in [0.1, 0.15) is 30.5 Å². The van der Waals surface area contributed by atoms with E-state index in [0.29, 0.717) is 13.0 Å². The monoisotopic (exact) mass is 602 g/mol. The van der Waals surface area contributed by atoms with Gasteiger partial charge in [0, 0.05) is 13.0 Å². The van der Waals surface area contributed by atoms with Crippen molar-refractivity contribution in [1.29, 1.82) is 0 Å². The van der Waals surface area contributed by atoms with E-state index < -0.39 is 43.4 Å². The molecule has 1 saturated heterocycles. The fourth-order valence-corrected chi connectivity index (χ4v) is 5.21. The number of nitrogens with one attached hydrogen (secondary N) is 2. The molecule has 0 bridgehead atoms. The third-order valence-corrected chi connectivity index (χ3v) is 8.01. The molecule has 42 heavy (non-hydrogen) atoms. The minimum atomic E-state index is -1.58. The molecule has 0 spiro atoms. The van der Waals surface area contributed by atoms with E-state index in [1.54, 1.807) is 0 Å². The SMILES string of the molecule is CCCCCCCCCCCCCNC(=O)[C@H](CO[C@H]1O[C@H](CO)[C@H](O)[C@H](O)[C@H]1O)NC(=O)CCCCCCCCC. The van der Waals surface area contributed by atoms with Gasteiger partial charge in [0.05, 0.1) is 13.2 Å². The predicted molar refractivity (Wildman–Crippen MR) is 164 cm³/mol. The molecule has 1 fully saturated rings. The minimum absolute atomic E-state index is 0.254. The van der Waals surface area contributed by atoms with Gasteiger partial charge >= 0.3 is 0 Å². The lowest BCUT2D eigenvalue weighted by molar-refractivity contribution is -0.301. The van der Waals surface area contributed by atoms with Crippen LogP contribution in [0.4, 0.5) is 0 Å². The van der Waals surface area contributed by atoms with Gasteiger partial charge in [-0.15, -0.1) is 0 Å². The number of hydrogen-bond acceptors (Lipinski definition) is 8. The van der Waals surface area contributed by atoms with Crippen molar-refractivity contribution < 1.29 is 39.5 Å². The number of aliphatic hydroxyl groups is 4. The van der Waals surface area contributed by atoms with Crippen LogP contribution < -0.4 is 10.6 Å². The molecule has 1 rings (SSSR count). The summed E-state index contributed by atoms with van der Waals surface area (Å²) in [7, 11) is 0. The van der Waals surface area contributed by atoms with Crippen LogP contribution in [0.3, 0.4) is 0 Å². The second-order valence-electron chi connectivity index (χ2n) is 11.8. The predicted octanol–water partition coefficient (Wildman–Crippen LogP) is 3.86. The zero-order valence-corrected chi connectivity index (χ0v) is 26.4. The molecular formula is C32H62N2O8. The van der Waals surface area contributed by atoms with Gasteiger partial charge in [-0.05, 0) is 12.8 Å². The van der Waals surface area contributed by atoms with Crippen LogP contribution >= 0.6 is 0 Å². The molecule has 0 aliphatic carbocycles. The molecule has 0 radical (unpaired) electrons. The number of ether oxygens (including phenoxy) is 2. The van der Waals surface area contributed by atoms with Crippen molar-refractivity contribution >= 4 is 11.8 Å². The van der Waals surface area contributed by atoms with Crippen molar-refractivity contribution in [1.82, 2.24) is 10.6 Å². The first kappa shape index (κ1) is 38.7. The molecule has 0 aromatic rings. The number of amides is 2. The Morgan fingerprint density at radius 2 is 1.21 bits per heavy atom. The van der Waals surface area contributed by atoms with Crippen molar-refractivity contribution in [3.63, 3.8) is 0 Å². The van der Waals surface area contributed by atoms with Crippen LogP contribution in [0.15, 0.2) is 0 Å². The van der Waals surface area contributed by atoms with Crippen LogP contribution in [0.25, 0.3) is 0 Å². The van der Waals surface area contributed by atoms with Crippen molar-refractivity contribution in [3.05, 3.63) is 0 Å². The summed E-state index contributed by atoms with van der Waals surface area (Å²) >= 11 is 0. The molecule has 0 saturated carbocycles. The number of rotatable bonds is 26. The van der Waals surface area contributed by atoms with E-state index in [2.05, 4.69) is 24.5 Å². The number of unbranched alkanes of at least 4 members (excludes halogenated alkanes) is 16. The maximum atomic E-state index is 13.0. The average Bonchev–Trinajstić information content (AvgIpc) is 2.98. The summed E-state index contributed by atoms with van der Waals surface area (Å²) in [5, 5.41) is 45.3. The summed E-state index contributed by atoms with van der Waals surface area (Å²) in [6.45, 7) is 4.02. The molecule has 2 amide bonds. The first-order valence-corrected chi connectivity index (χ1v) is 16.8. The van der Waals surface area contributed by atoms with E-state index in [0.717, 1.165) is 44.9 Å². The Kier molecular flexibility index (Phi) is 23.1. The Labute approximate surface area is 254 Å². The van der Waals surface area contributed by atoms with Crippen molar-refractivity contribution in [2.75, 3.05) is 19.8 Å². The Morgan fingerprint density at radius 1 is 0.714 bits per heavy atom. The van der Waals surface area contributed by atoms with E-state index >= 15 is 0 Å². The van der Waals surface area contributed by atoms with Gasteiger partial charge in [-0.3, -0.25) is 9.59 Å². The highest BCUT2D eigenvalue weighted by Crippen LogP contribution is 2.22. The molecule has 10 heteroatoms. The van der Waals surface area contributed by atoms with Gasteiger partial charge < -0.3 is 40.5 Å². The van der Waals surface area contributed by atoms with E-state index in [4.69, 9.17) is 9.47 Å². The van der Waals surface area contributed by atoms with Crippen LogP contribution in [-0.4, -0.2) is 88.7 Å². The topological polar surface area (TPSA) is 158 Å². The van der Waals surface area contributed by atoms with Crippen LogP contribution in [0, 0.1) is 0 Å². The number of hydrogen-bond donors (Lipinski definition) is 6. The molecular weight excluding hydrogens is 540 g/mol. The van der Waals surface area contributed by atoms with Crippen LogP contribution in [0.2, 0.25) is 0 Å². The maximum Gasteiger partial charge on any atom is 0.244 e. The Bertz CT molecular complexity index is 681. The van der Waals surface area contributed by atoms with Crippen molar-refractivity contribution in [3.8, 4) is 0 Å². The molecule has 10 nitrogen and oxygen atoms in total. The number of carbonyl (C=O) groups excluding carboxylic acids is 2. The van der Waals surface area contributed by atoms with Crippen LogP contribution in [-0.2, 0) is 19.1 Å². The summed E-state index contributed by atoms with van der Waals surface area (Å²) in [5.41, 5.74) is 0. The second kappa shape index (κ2) is 25.1. The molecule has 0 unspecified atom stereocenters. The lowest BCUT2D eigenvalue weighted by Crippen LogP contribution is -2.60. The molecule has 248 valence electrons. The number of aliphatic hydroxyl groups excluding tert-OH is 4. The summed E-state index contributed by atoms with van der Waals surface area (Å²) in [6, 6.07) is -1.01. The minimum Gasteiger partial charge on any atom is -0.394 e. The van der Waals surface area contributed by atoms with E-state index in [1.807, 2.05) is 0 Å². The summed E-state index contributed by atoms with van der Waals surface area (Å²) in [6.07, 6.45) is 14.0. The van der Waals surface area contributed by atoms with Gasteiger partial charge in [0.2, 0.25) is 11.8 Å². The molecule has 1 aliphatic rings. The molecule has 6 N–H and O–H groups in total. The third kappa shape index (κ3) is 17.1. The standard InChI is InChI=1S/C32H62N2O8/c1-3-5-7-9-11-12-13-14-16-18-20-22-33-31(40)25(34-27(36)21-19-17-15-10-8-6-4-2)24-41-32-30(39)29(38)28(37)26(23-35)42-32/h25-26,28-30,32,35,37-39H,3-24H2,1-2H3,(H,33,40)(H,34,36)/t25-,26+,28-,29-,30+,32-/m0/s1. The van der Waals surface area contributed by atoms with E-state index in [9.17, 15) is 30.0 Å². The lowest BCUT2D eigenvalue weighted by Gasteiger charge is -2.39. The third-order valence-electron chi connectivity index (χ3n) is 8.01. The summed E-state index contributed by atoms with van der Waals surface area (Å²) in [4.78, 5) is 25.6. The highest BCUT2D eigenvalue weighted by molar-refractivity contribution is 5.87. The fourth-order valence-electron chi connectivity index (χ4n) is 5.21. The van der Waals surface area contributed by atoms with E-state index in [1.165, 1.54) is 70.6 Å². The van der Waals surface area contributed by atoms with Gasteiger partial charge in [-0.2, -0.15) is 0 Å². The number of carbonyl (C=O) groups is 2. The second-order valence-corrected chi connectivity index (χ2v) is 11.8. The Morgan fingerprint density at radius 3 is 1.74 bits per heavy atom. The van der Waals surface area contributed by atoms with Gasteiger partial charge in [-0.1, -0.05) is 117 Å². The van der Waals surface area contributed by atoms with Gasteiger partial charge in [0.25, 0.3) is 0 Å². The van der Waals surface area contributed by atoms with E-state index in [-0.39, 0.29) is 18.4 Å². The molecule has 0 aromatic carbocycles. The van der Waals surface area contributed by atoms with Crippen molar-refractivity contribution in [2.45, 2.75) is 173 Å².